The Morgan fingerprint density at radius 2 is 2.11 bits per heavy atom. The fourth-order valence-electron chi connectivity index (χ4n) is 1.85. The van der Waals surface area contributed by atoms with E-state index in [2.05, 4.69) is 15.6 Å². The van der Waals surface area contributed by atoms with Gasteiger partial charge in [0.2, 0.25) is 5.91 Å². The second kappa shape index (κ2) is 4.91. The molecule has 0 aliphatic rings. The third kappa shape index (κ3) is 2.20. The van der Waals surface area contributed by atoms with E-state index in [1.165, 1.54) is 0 Å². The Morgan fingerprint density at radius 3 is 2.83 bits per heavy atom. The van der Waals surface area contributed by atoms with Gasteiger partial charge in [0.05, 0.1) is 0 Å². The van der Waals surface area contributed by atoms with Gasteiger partial charge in [-0.25, -0.2) is 0 Å². The Kier molecular flexibility index (Phi) is 3.32. The van der Waals surface area contributed by atoms with E-state index in [1.54, 1.807) is 26.4 Å². The molecular weight excluding hydrogens is 228 g/mol. The first-order chi connectivity index (χ1) is 8.63. The van der Waals surface area contributed by atoms with E-state index in [9.17, 15) is 4.79 Å². The lowest BCUT2D eigenvalue weighted by molar-refractivity contribution is -0.121. The number of nitrogen functional groups attached to an aromatic ring is 1. The Hall–Kier alpha value is -2.30. The monoisotopic (exact) mass is 244 g/mol. The summed E-state index contributed by atoms with van der Waals surface area (Å²) in [4.78, 5) is 15.6. The first-order valence-electron chi connectivity index (χ1n) is 5.74. The lowest BCUT2D eigenvalue weighted by atomic mass is 10.1. The van der Waals surface area contributed by atoms with Crippen molar-refractivity contribution in [1.29, 1.82) is 0 Å². The summed E-state index contributed by atoms with van der Waals surface area (Å²) >= 11 is 0. The number of nitrogens with zero attached hydrogens (tertiary/aromatic N) is 1. The van der Waals surface area contributed by atoms with Gasteiger partial charge in [-0.3, -0.25) is 9.78 Å². The number of carbonyl (C=O) groups is 1. The molecule has 0 fully saturated rings. The van der Waals surface area contributed by atoms with Gasteiger partial charge < -0.3 is 16.4 Å². The number of rotatable bonds is 3. The van der Waals surface area contributed by atoms with Crippen molar-refractivity contribution in [3.8, 4) is 0 Å². The summed E-state index contributed by atoms with van der Waals surface area (Å²) in [6.07, 6.45) is 3.44. The molecule has 0 bridgehead atoms. The predicted octanol–water partition coefficient (Wildman–Crippen LogP) is 1.36. The number of anilines is 2. The van der Waals surface area contributed by atoms with Gasteiger partial charge in [-0.15, -0.1) is 0 Å². The zero-order chi connectivity index (χ0) is 13.1. The van der Waals surface area contributed by atoms with Gasteiger partial charge in [-0.2, -0.15) is 0 Å². The molecule has 1 atom stereocenters. The molecule has 0 aliphatic heterocycles. The quantitative estimate of drug-likeness (QED) is 0.712. The SMILES string of the molecule is CNC(=O)C(C)Nc1ccc(N)c2ccncc12. The minimum absolute atomic E-state index is 0.0659. The predicted molar refractivity (Wildman–Crippen MR) is 73.3 cm³/mol. The fraction of sp³-hybridized carbons (Fsp3) is 0.231. The third-order valence-electron chi connectivity index (χ3n) is 2.86. The van der Waals surface area contributed by atoms with Crippen molar-refractivity contribution in [2.45, 2.75) is 13.0 Å². The molecule has 1 aromatic heterocycles. The van der Waals surface area contributed by atoms with E-state index in [0.29, 0.717) is 5.69 Å². The Bertz CT molecular complexity index is 582. The largest absolute Gasteiger partial charge is 0.398 e. The molecule has 18 heavy (non-hydrogen) atoms. The van der Waals surface area contributed by atoms with Crippen molar-refractivity contribution in [3.05, 3.63) is 30.6 Å². The van der Waals surface area contributed by atoms with Gasteiger partial charge in [0.1, 0.15) is 6.04 Å². The summed E-state index contributed by atoms with van der Waals surface area (Å²) in [6, 6.07) is 5.22. The van der Waals surface area contributed by atoms with Crippen LogP contribution in [0.15, 0.2) is 30.6 Å². The maximum absolute atomic E-state index is 11.5. The average Bonchev–Trinajstić information content (AvgIpc) is 2.41. The molecule has 2 rings (SSSR count). The zero-order valence-corrected chi connectivity index (χ0v) is 10.4. The number of nitrogens with two attached hydrogens (primary N) is 1. The van der Waals surface area contributed by atoms with Crippen LogP contribution in [0.25, 0.3) is 10.8 Å². The molecule has 0 saturated carbocycles. The van der Waals surface area contributed by atoms with E-state index in [0.717, 1.165) is 16.5 Å². The number of hydrogen-bond donors (Lipinski definition) is 3. The third-order valence-corrected chi connectivity index (χ3v) is 2.86. The van der Waals surface area contributed by atoms with Gasteiger partial charge in [0.25, 0.3) is 0 Å². The Balaban J connectivity index is 2.40. The number of benzene rings is 1. The van der Waals surface area contributed by atoms with Gasteiger partial charge in [-0.1, -0.05) is 0 Å². The van der Waals surface area contributed by atoms with Crippen LogP contribution in [0.2, 0.25) is 0 Å². The van der Waals surface area contributed by atoms with Crippen LogP contribution in [0.4, 0.5) is 11.4 Å². The number of aromatic nitrogens is 1. The lowest BCUT2D eigenvalue weighted by Crippen LogP contribution is -2.35. The van der Waals surface area contributed by atoms with Crippen LogP contribution in [-0.4, -0.2) is 24.0 Å². The van der Waals surface area contributed by atoms with E-state index < -0.39 is 0 Å². The van der Waals surface area contributed by atoms with E-state index in [4.69, 9.17) is 5.73 Å². The van der Waals surface area contributed by atoms with Crippen LogP contribution < -0.4 is 16.4 Å². The number of nitrogens with one attached hydrogen (secondary N) is 2. The first kappa shape index (κ1) is 12.2. The highest BCUT2D eigenvalue weighted by Crippen LogP contribution is 2.27. The normalized spacial score (nSPS) is 12.1. The molecule has 5 nitrogen and oxygen atoms in total. The number of carbonyl (C=O) groups excluding carboxylic acids is 1. The molecule has 2 aromatic rings. The van der Waals surface area contributed by atoms with Crippen LogP contribution in [0.3, 0.4) is 0 Å². The number of fused-ring (bicyclic) bond motifs is 1. The van der Waals surface area contributed by atoms with Crippen LogP contribution >= 0.6 is 0 Å². The number of likely N-dealkylation sites (N-methyl/N-ethyl adjacent to an activating group) is 1. The van der Waals surface area contributed by atoms with E-state index in [1.807, 2.05) is 18.2 Å². The fourth-order valence-corrected chi connectivity index (χ4v) is 1.85. The highest BCUT2D eigenvalue weighted by atomic mass is 16.2. The zero-order valence-electron chi connectivity index (χ0n) is 10.4. The van der Waals surface area contributed by atoms with Crippen LogP contribution in [0, 0.1) is 0 Å². The minimum Gasteiger partial charge on any atom is -0.398 e. The highest BCUT2D eigenvalue weighted by molar-refractivity contribution is 6.01. The van der Waals surface area contributed by atoms with Crippen molar-refractivity contribution in [2.24, 2.45) is 0 Å². The Morgan fingerprint density at radius 1 is 1.33 bits per heavy atom. The molecule has 94 valence electrons. The topological polar surface area (TPSA) is 80.0 Å². The maximum Gasteiger partial charge on any atom is 0.241 e. The lowest BCUT2D eigenvalue weighted by Gasteiger charge is -2.16. The van der Waals surface area contributed by atoms with Crippen LogP contribution in [0.1, 0.15) is 6.92 Å². The van der Waals surface area contributed by atoms with Gasteiger partial charge in [-0.05, 0) is 25.1 Å². The summed E-state index contributed by atoms with van der Waals surface area (Å²) in [6.45, 7) is 1.80. The smallest absolute Gasteiger partial charge is 0.241 e. The van der Waals surface area contributed by atoms with Crippen LogP contribution in [-0.2, 0) is 4.79 Å². The van der Waals surface area contributed by atoms with E-state index >= 15 is 0 Å². The van der Waals surface area contributed by atoms with Crippen molar-refractivity contribution in [3.63, 3.8) is 0 Å². The molecule has 1 amide bonds. The molecule has 5 heteroatoms. The molecular formula is C13H16N4O. The second-order valence-electron chi connectivity index (χ2n) is 4.10. The minimum atomic E-state index is -0.318. The van der Waals surface area contributed by atoms with Gasteiger partial charge in [0, 0.05) is 41.6 Å². The maximum atomic E-state index is 11.5. The van der Waals surface area contributed by atoms with Crippen molar-refractivity contribution < 1.29 is 4.79 Å². The molecule has 1 aromatic carbocycles. The first-order valence-corrected chi connectivity index (χ1v) is 5.74. The summed E-state index contributed by atoms with van der Waals surface area (Å²) in [5.41, 5.74) is 7.46. The average molecular weight is 244 g/mol. The summed E-state index contributed by atoms with van der Waals surface area (Å²) < 4.78 is 0. The van der Waals surface area contributed by atoms with Gasteiger partial charge >= 0.3 is 0 Å². The second-order valence-corrected chi connectivity index (χ2v) is 4.10. The summed E-state index contributed by atoms with van der Waals surface area (Å²) in [5.74, 6) is -0.0659. The molecule has 0 aliphatic carbocycles. The van der Waals surface area contributed by atoms with Crippen LogP contribution in [0.5, 0.6) is 0 Å². The van der Waals surface area contributed by atoms with Crippen molar-refractivity contribution in [1.82, 2.24) is 10.3 Å². The van der Waals surface area contributed by atoms with E-state index in [-0.39, 0.29) is 11.9 Å². The summed E-state index contributed by atoms with van der Waals surface area (Å²) in [5, 5.41) is 7.60. The molecule has 0 saturated heterocycles. The number of pyridine rings is 1. The number of amides is 1. The standard InChI is InChI=1S/C13H16N4O/c1-8(13(18)15-2)17-12-4-3-11(14)9-5-6-16-7-10(9)12/h3-8,17H,14H2,1-2H3,(H,15,18). The van der Waals surface area contributed by atoms with Crippen molar-refractivity contribution in [2.75, 3.05) is 18.1 Å². The molecule has 1 heterocycles. The number of hydrogen-bond acceptors (Lipinski definition) is 4. The molecule has 4 N–H and O–H groups in total. The van der Waals surface area contributed by atoms with Gasteiger partial charge in [0.15, 0.2) is 0 Å². The molecule has 1 unspecified atom stereocenters. The summed E-state index contributed by atoms with van der Waals surface area (Å²) in [7, 11) is 1.61. The Labute approximate surface area is 105 Å². The molecule has 0 radical (unpaired) electrons. The molecule has 0 spiro atoms. The van der Waals surface area contributed by atoms with Crippen molar-refractivity contribution >= 4 is 28.1 Å². The highest BCUT2D eigenvalue weighted by Gasteiger charge is 2.12.